The number of carbonyl (C=O) groups is 1. The van der Waals surface area contributed by atoms with Crippen LogP contribution in [0, 0.1) is 3.95 Å². The number of methoxy groups -OCH3 is 1. The number of rotatable bonds is 9. The molecule has 2 heterocycles. The second-order valence-corrected chi connectivity index (χ2v) is 7.97. The maximum Gasteiger partial charge on any atom is 0.234 e. The summed E-state index contributed by atoms with van der Waals surface area (Å²) in [5.74, 6) is 0.0524. The number of carbonyl (C=O) groups excluding carboxylic acids is 1. The fourth-order valence-electron chi connectivity index (χ4n) is 2.53. The van der Waals surface area contributed by atoms with Gasteiger partial charge >= 0.3 is 0 Å². The molecule has 142 valence electrons. The van der Waals surface area contributed by atoms with Crippen molar-refractivity contribution < 1.29 is 9.53 Å². The van der Waals surface area contributed by atoms with E-state index < -0.39 is 0 Å². The molecule has 2 rings (SSSR count). The largest absolute Gasteiger partial charge is 0.383 e. The van der Waals surface area contributed by atoms with Gasteiger partial charge in [0.2, 0.25) is 11.0 Å². The molecule has 10 heteroatoms. The Morgan fingerprint density at radius 2 is 2.00 bits per heavy atom. The molecule has 0 aliphatic carbocycles. The van der Waals surface area contributed by atoms with Gasteiger partial charge in [-0.2, -0.15) is 0 Å². The summed E-state index contributed by atoms with van der Waals surface area (Å²) < 4.78 is 7.58. The van der Waals surface area contributed by atoms with E-state index in [0.717, 1.165) is 35.3 Å². The van der Waals surface area contributed by atoms with Gasteiger partial charge in [0.1, 0.15) is 0 Å². The minimum absolute atomic E-state index is 0.0524. The Hall–Kier alpha value is -1.07. The summed E-state index contributed by atoms with van der Waals surface area (Å²) in [7, 11) is 1.63. The number of nitrogens with zero attached hydrogens (tertiary/aromatic N) is 4. The van der Waals surface area contributed by atoms with Crippen LogP contribution in [0.2, 0.25) is 0 Å². The first-order valence-corrected chi connectivity index (χ1v) is 9.75. The van der Waals surface area contributed by atoms with E-state index in [9.17, 15) is 4.79 Å². The average Bonchev–Trinajstić information content (AvgIpc) is 2.88. The van der Waals surface area contributed by atoms with Crippen LogP contribution >= 0.6 is 23.6 Å². The molecule has 1 aliphatic heterocycles. The van der Waals surface area contributed by atoms with Crippen molar-refractivity contribution in [3.05, 3.63) is 3.95 Å². The SMILES string of the molecule is COCCNC(=O)CN1CCN(Cn2nc(NC(C)C)sc2=S)CC1. The lowest BCUT2D eigenvalue weighted by molar-refractivity contribution is -0.122. The van der Waals surface area contributed by atoms with Crippen molar-refractivity contribution in [2.24, 2.45) is 0 Å². The number of nitrogens with one attached hydrogen (secondary N) is 2. The van der Waals surface area contributed by atoms with Gasteiger partial charge < -0.3 is 15.4 Å². The molecule has 1 aromatic heterocycles. The van der Waals surface area contributed by atoms with Crippen LogP contribution in [0.15, 0.2) is 0 Å². The molecule has 0 spiro atoms. The van der Waals surface area contributed by atoms with Gasteiger partial charge in [0.05, 0.1) is 19.8 Å². The van der Waals surface area contributed by atoms with Gasteiger partial charge in [-0.1, -0.05) is 11.3 Å². The minimum Gasteiger partial charge on any atom is -0.383 e. The Morgan fingerprint density at radius 1 is 1.32 bits per heavy atom. The van der Waals surface area contributed by atoms with Crippen LogP contribution in [0.25, 0.3) is 0 Å². The van der Waals surface area contributed by atoms with Crippen LogP contribution < -0.4 is 10.6 Å². The molecule has 0 aromatic carbocycles. The summed E-state index contributed by atoms with van der Waals surface area (Å²) in [5, 5.41) is 11.6. The predicted molar refractivity (Wildman–Crippen MR) is 103 cm³/mol. The summed E-state index contributed by atoms with van der Waals surface area (Å²) in [6.07, 6.45) is 0. The molecule has 8 nitrogen and oxygen atoms in total. The lowest BCUT2D eigenvalue weighted by atomic mass is 10.3. The Labute approximate surface area is 158 Å². The molecular formula is C15H28N6O2S2. The van der Waals surface area contributed by atoms with Crippen molar-refractivity contribution in [1.82, 2.24) is 24.9 Å². The number of piperazine rings is 1. The molecule has 0 radical (unpaired) electrons. The predicted octanol–water partition coefficient (Wildman–Crippen LogP) is 0.832. The van der Waals surface area contributed by atoms with Gasteiger partial charge in [0.15, 0.2) is 3.95 Å². The zero-order valence-electron chi connectivity index (χ0n) is 15.2. The van der Waals surface area contributed by atoms with Gasteiger partial charge in [0.25, 0.3) is 0 Å². The van der Waals surface area contributed by atoms with Crippen molar-refractivity contribution in [1.29, 1.82) is 0 Å². The molecule has 2 N–H and O–H groups in total. The molecule has 1 saturated heterocycles. The van der Waals surface area contributed by atoms with Crippen molar-refractivity contribution in [3.8, 4) is 0 Å². The monoisotopic (exact) mass is 388 g/mol. The second kappa shape index (κ2) is 10.2. The Bertz CT molecular complexity index is 595. The van der Waals surface area contributed by atoms with Crippen LogP contribution in [0.4, 0.5) is 5.13 Å². The van der Waals surface area contributed by atoms with Crippen molar-refractivity contribution in [3.63, 3.8) is 0 Å². The van der Waals surface area contributed by atoms with Crippen LogP contribution in [0.5, 0.6) is 0 Å². The molecule has 0 atom stereocenters. The highest BCUT2D eigenvalue weighted by Crippen LogP contribution is 2.16. The van der Waals surface area contributed by atoms with E-state index in [1.54, 1.807) is 7.11 Å². The topological polar surface area (TPSA) is 74.7 Å². The van der Waals surface area contributed by atoms with Crippen LogP contribution in [0.3, 0.4) is 0 Å². The van der Waals surface area contributed by atoms with Gasteiger partial charge in [-0.15, -0.1) is 5.10 Å². The number of hydrogen-bond acceptors (Lipinski definition) is 8. The number of ether oxygens (including phenoxy) is 1. The van der Waals surface area contributed by atoms with Gasteiger partial charge in [0, 0.05) is 45.9 Å². The molecule has 1 fully saturated rings. The van der Waals surface area contributed by atoms with E-state index in [1.807, 2.05) is 4.68 Å². The summed E-state index contributed by atoms with van der Waals surface area (Å²) in [6.45, 7) is 9.94. The molecule has 25 heavy (non-hydrogen) atoms. The quantitative estimate of drug-likeness (QED) is 0.479. The number of anilines is 1. The Morgan fingerprint density at radius 3 is 2.64 bits per heavy atom. The highest BCUT2D eigenvalue weighted by atomic mass is 32.1. The standard InChI is InChI=1S/C15H28N6O2S2/c1-12(2)17-14-18-21(15(24)25-14)11-20-7-5-19(6-8-20)10-13(22)16-4-9-23-3/h12H,4-11H2,1-3H3,(H,16,22)(H,17,18). The van der Waals surface area contributed by atoms with Crippen molar-refractivity contribution in [2.75, 3.05) is 58.3 Å². The van der Waals surface area contributed by atoms with E-state index in [4.69, 9.17) is 17.0 Å². The highest BCUT2D eigenvalue weighted by Gasteiger charge is 2.19. The highest BCUT2D eigenvalue weighted by molar-refractivity contribution is 7.73. The number of hydrogen-bond donors (Lipinski definition) is 2. The number of aromatic nitrogens is 2. The van der Waals surface area contributed by atoms with Crippen molar-refractivity contribution >= 4 is 34.6 Å². The van der Waals surface area contributed by atoms with Gasteiger partial charge in [-0.3, -0.25) is 14.6 Å². The zero-order chi connectivity index (χ0) is 18.2. The molecule has 0 bridgehead atoms. The smallest absolute Gasteiger partial charge is 0.234 e. The lowest BCUT2D eigenvalue weighted by Crippen LogP contribution is -2.49. The minimum atomic E-state index is 0.0524. The third-order valence-electron chi connectivity index (χ3n) is 3.81. The fourth-order valence-corrected chi connectivity index (χ4v) is 3.67. The van der Waals surface area contributed by atoms with E-state index in [0.29, 0.717) is 32.4 Å². The Kier molecular flexibility index (Phi) is 8.24. The van der Waals surface area contributed by atoms with Gasteiger partial charge in [-0.05, 0) is 26.1 Å². The molecule has 0 unspecified atom stereocenters. The summed E-state index contributed by atoms with van der Waals surface area (Å²) >= 11 is 6.91. The lowest BCUT2D eigenvalue weighted by Gasteiger charge is -2.33. The van der Waals surface area contributed by atoms with Crippen LogP contribution in [-0.2, 0) is 16.2 Å². The van der Waals surface area contributed by atoms with E-state index in [-0.39, 0.29) is 5.91 Å². The summed E-state index contributed by atoms with van der Waals surface area (Å²) in [6, 6.07) is 0.340. The third kappa shape index (κ3) is 6.98. The Balaban J connectivity index is 1.74. The van der Waals surface area contributed by atoms with E-state index in [2.05, 4.69) is 39.4 Å². The molecule has 1 amide bonds. The second-order valence-electron chi connectivity index (χ2n) is 6.35. The first kappa shape index (κ1) is 20.2. The normalized spacial score (nSPS) is 16.3. The van der Waals surface area contributed by atoms with Crippen LogP contribution in [0.1, 0.15) is 13.8 Å². The third-order valence-corrected chi connectivity index (χ3v) is 5.05. The van der Waals surface area contributed by atoms with Gasteiger partial charge in [-0.25, -0.2) is 4.68 Å². The maximum atomic E-state index is 11.8. The summed E-state index contributed by atoms with van der Waals surface area (Å²) in [4.78, 5) is 16.3. The van der Waals surface area contributed by atoms with E-state index >= 15 is 0 Å². The first-order valence-electron chi connectivity index (χ1n) is 8.52. The van der Waals surface area contributed by atoms with Crippen LogP contribution in [-0.4, -0.2) is 84.5 Å². The maximum absolute atomic E-state index is 11.8. The fraction of sp³-hybridized carbons (Fsp3) is 0.800. The first-order chi connectivity index (χ1) is 12.0. The number of amides is 1. The average molecular weight is 389 g/mol. The summed E-state index contributed by atoms with van der Waals surface area (Å²) in [5.41, 5.74) is 0. The molecule has 0 saturated carbocycles. The van der Waals surface area contributed by atoms with E-state index in [1.165, 1.54) is 11.3 Å². The molecular weight excluding hydrogens is 360 g/mol. The van der Waals surface area contributed by atoms with Crippen molar-refractivity contribution in [2.45, 2.75) is 26.6 Å². The zero-order valence-corrected chi connectivity index (χ0v) is 16.8. The molecule has 1 aromatic rings. The molecule has 1 aliphatic rings.